The van der Waals surface area contributed by atoms with Crippen molar-refractivity contribution < 1.29 is 4.39 Å². The van der Waals surface area contributed by atoms with Gasteiger partial charge in [-0.1, -0.05) is 35.9 Å². The third-order valence-corrected chi connectivity index (χ3v) is 5.05. The normalized spacial score (nSPS) is 14.5. The molecule has 0 radical (unpaired) electrons. The molecular weight excluding hydrogens is 353 g/mol. The van der Waals surface area contributed by atoms with Crippen LogP contribution in [0.5, 0.6) is 0 Å². The lowest BCUT2D eigenvalue weighted by atomic mass is 9.98. The maximum Gasteiger partial charge on any atom is 0.150 e. The minimum Gasteiger partial charge on any atom is -0.310 e. The van der Waals surface area contributed by atoms with Crippen LogP contribution in [0.4, 0.5) is 4.39 Å². The first kappa shape index (κ1) is 15.0. The molecule has 2 aromatic carbocycles. The van der Waals surface area contributed by atoms with Crippen LogP contribution >= 0.6 is 27.5 Å². The zero-order valence-corrected chi connectivity index (χ0v) is 14.1. The maximum atomic E-state index is 14.3. The molecule has 1 aliphatic rings. The first-order chi connectivity index (χ1) is 10.1. The fourth-order valence-electron chi connectivity index (χ4n) is 2.42. The topological polar surface area (TPSA) is 12.0 Å². The van der Waals surface area contributed by atoms with Crippen LogP contribution in [0.3, 0.4) is 0 Å². The van der Waals surface area contributed by atoms with E-state index in [0.717, 1.165) is 17.7 Å². The van der Waals surface area contributed by atoms with Crippen molar-refractivity contribution in [3.63, 3.8) is 0 Å². The summed E-state index contributed by atoms with van der Waals surface area (Å²) in [7, 11) is 0. The average Bonchev–Trinajstić information content (AvgIpc) is 3.28. The number of aryl methyl sites for hydroxylation is 1. The number of hydrogen-bond donors (Lipinski definition) is 1. The minimum atomic E-state index is -0.377. The fraction of sp³-hybridized carbons (Fsp3) is 0.294. The molecule has 21 heavy (non-hydrogen) atoms. The Morgan fingerprint density at radius 2 is 1.95 bits per heavy atom. The Balaban J connectivity index is 1.89. The standard InChI is InChI=1S/C17H16BrClFN/c1-10-8-11(9-21-12-3-4-12)2-5-13(10)14-6-7-15(18)16(19)17(14)20/h2,5-8,12,21H,3-4,9H2,1H3. The molecule has 0 aliphatic heterocycles. The zero-order valence-electron chi connectivity index (χ0n) is 11.7. The molecule has 1 aliphatic carbocycles. The first-order valence-corrected chi connectivity index (χ1v) is 8.20. The van der Waals surface area contributed by atoms with Crippen LogP contribution in [-0.2, 0) is 6.54 Å². The number of halogens is 3. The molecule has 0 amide bonds. The van der Waals surface area contributed by atoms with Gasteiger partial charge in [-0.2, -0.15) is 0 Å². The van der Waals surface area contributed by atoms with Gasteiger partial charge in [-0.15, -0.1) is 0 Å². The number of rotatable bonds is 4. The van der Waals surface area contributed by atoms with Crippen LogP contribution in [0.2, 0.25) is 5.02 Å². The molecule has 110 valence electrons. The summed E-state index contributed by atoms with van der Waals surface area (Å²) in [4.78, 5) is 0. The van der Waals surface area contributed by atoms with E-state index in [1.165, 1.54) is 18.4 Å². The van der Waals surface area contributed by atoms with Crippen molar-refractivity contribution in [1.82, 2.24) is 5.32 Å². The predicted octanol–water partition coefficient (Wildman–Crippen LogP) is 5.47. The van der Waals surface area contributed by atoms with Crippen molar-refractivity contribution in [3.8, 4) is 11.1 Å². The van der Waals surface area contributed by atoms with Crippen molar-refractivity contribution in [1.29, 1.82) is 0 Å². The summed E-state index contributed by atoms with van der Waals surface area (Å²) in [5.74, 6) is -0.377. The highest BCUT2D eigenvalue weighted by molar-refractivity contribution is 9.10. The van der Waals surface area contributed by atoms with E-state index in [2.05, 4.69) is 27.3 Å². The van der Waals surface area contributed by atoms with E-state index in [1.54, 1.807) is 12.1 Å². The summed E-state index contributed by atoms with van der Waals surface area (Å²) in [5.41, 5.74) is 3.72. The lowest BCUT2D eigenvalue weighted by Gasteiger charge is -2.11. The molecule has 2 aromatic rings. The van der Waals surface area contributed by atoms with Gasteiger partial charge in [0.2, 0.25) is 0 Å². The van der Waals surface area contributed by atoms with Gasteiger partial charge in [0.25, 0.3) is 0 Å². The molecule has 0 spiro atoms. The van der Waals surface area contributed by atoms with E-state index < -0.39 is 0 Å². The van der Waals surface area contributed by atoms with E-state index in [9.17, 15) is 4.39 Å². The van der Waals surface area contributed by atoms with Crippen LogP contribution in [0.25, 0.3) is 11.1 Å². The van der Waals surface area contributed by atoms with Gasteiger partial charge in [0.15, 0.2) is 5.82 Å². The van der Waals surface area contributed by atoms with Gasteiger partial charge in [0.05, 0.1) is 5.02 Å². The van der Waals surface area contributed by atoms with Crippen molar-refractivity contribution in [2.45, 2.75) is 32.4 Å². The van der Waals surface area contributed by atoms with Gasteiger partial charge in [-0.05, 0) is 58.5 Å². The molecule has 0 atom stereocenters. The second kappa shape index (κ2) is 6.07. The molecule has 0 unspecified atom stereocenters. The van der Waals surface area contributed by atoms with Crippen LogP contribution in [0, 0.1) is 12.7 Å². The Kier molecular flexibility index (Phi) is 4.34. The first-order valence-electron chi connectivity index (χ1n) is 7.03. The Bertz CT molecular complexity index is 683. The van der Waals surface area contributed by atoms with Crippen molar-refractivity contribution in [3.05, 3.63) is 56.8 Å². The van der Waals surface area contributed by atoms with Gasteiger partial charge in [-0.3, -0.25) is 0 Å². The lowest BCUT2D eigenvalue weighted by molar-refractivity contribution is 0.630. The summed E-state index contributed by atoms with van der Waals surface area (Å²) in [6, 6.07) is 10.4. The number of hydrogen-bond acceptors (Lipinski definition) is 1. The Morgan fingerprint density at radius 1 is 1.24 bits per heavy atom. The molecule has 1 saturated carbocycles. The van der Waals surface area contributed by atoms with Crippen LogP contribution in [0.15, 0.2) is 34.8 Å². The summed E-state index contributed by atoms with van der Waals surface area (Å²) in [5, 5.41) is 3.62. The van der Waals surface area contributed by atoms with Crippen molar-refractivity contribution >= 4 is 27.5 Å². The second-order valence-electron chi connectivity index (χ2n) is 5.53. The molecule has 1 fully saturated rings. The Morgan fingerprint density at radius 3 is 2.62 bits per heavy atom. The number of benzene rings is 2. The fourth-order valence-corrected chi connectivity index (χ4v) is 2.89. The van der Waals surface area contributed by atoms with Gasteiger partial charge < -0.3 is 5.32 Å². The van der Waals surface area contributed by atoms with E-state index in [4.69, 9.17) is 11.6 Å². The van der Waals surface area contributed by atoms with Gasteiger partial charge in [-0.25, -0.2) is 4.39 Å². The van der Waals surface area contributed by atoms with Crippen LogP contribution < -0.4 is 5.32 Å². The summed E-state index contributed by atoms with van der Waals surface area (Å²) >= 11 is 9.22. The third-order valence-electron chi connectivity index (χ3n) is 3.79. The summed E-state index contributed by atoms with van der Waals surface area (Å²) in [6.45, 7) is 2.88. The van der Waals surface area contributed by atoms with E-state index >= 15 is 0 Å². The molecular formula is C17H16BrClFN. The molecule has 4 heteroatoms. The van der Waals surface area contributed by atoms with E-state index in [0.29, 0.717) is 16.1 Å². The highest BCUT2D eigenvalue weighted by Gasteiger charge is 2.20. The predicted molar refractivity (Wildman–Crippen MR) is 89.1 cm³/mol. The Labute approximate surface area is 137 Å². The van der Waals surface area contributed by atoms with Gasteiger partial charge >= 0.3 is 0 Å². The largest absolute Gasteiger partial charge is 0.310 e. The van der Waals surface area contributed by atoms with E-state index in [-0.39, 0.29) is 10.8 Å². The van der Waals surface area contributed by atoms with Crippen LogP contribution in [-0.4, -0.2) is 6.04 Å². The molecule has 0 aromatic heterocycles. The van der Waals surface area contributed by atoms with Gasteiger partial charge in [0.1, 0.15) is 0 Å². The van der Waals surface area contributed by atoms with E-state index in [1.807, 2.05) is 19.1 Å². The summed E-state index contributed by atoms with van der Waals surface area (Å²) in [6.07, 6.45) is 2.55. The Hall–Kier alpha value is -0.900. The highest BCUT2D eigenvalue weighted by atomic mass is 79.9. The maximum absolute atomic E-state index is 14.3. The molecule has 1 nitrogen and oxygen atoms in total. The quantitative estimate of drug-likeness (QED) is 0.706. The molecule has 0 bridgehead atoms. The number of nitrogens with one attached hydrogen (secondary N) is 1. The van der Waals surface area contributed by atoms with Gasteiger partial charge in [0, 0.05) is 22.6 Å². The molecule has 0 saturated heterocycles. The molecule has 3 rings (SSSR count). The van der Waals surface area contributed by atoms with Crippen molar-refractivity contribution in [2.24, 2.45) is 0 Å². The SMILES string of the molecule is Cc1cc(CNC2CC2)ccc1-c1ccc(Br)c(Cl)c1F. The monoisotopic (exact) mass is 367 g/mol. The van der Waals surface area contributed by atoms with Crippen LogP contribution in [0.1, 0.15) is 24.0 Å². The molecule has 1 N–H and O–H groups in total. The zero-order chi connectivity index (χ0) is 15.0. The third kappa shape index (κ3) is 3.31. The smallest absolute Gasteiger partial charge is 0.150 e. The second-order valence-corrected chi connectivity index (χ2v) is 6.76. The molecule has 0 heterocycles. The highest BCUT2D eigenvalue weighted by Crippen LogP contribution is 2.34. The average molecular weight is 369 g/mol. The summed E-state index contributed by atoms with van der Waals surface area (Å²) < 4.78 is 14.9. The lowest BCUT2D eigenvalue weighted by Crippen LogP contribution is -2.15. The van der Waals surface area contributed by atoms with Crippen molar-refractivity contribution in [2.75, 3.05) is 0 Å². The minimum absolute atomic E-state index is 0.131.